The molecule has 1 heterocycles. The van der Waals surface area contributed by atoms with Crippen LogP contribution in [0.5, 0.6) is 5.75 Å². The molecular formula is C15H20Cl2N2O2. The van der Waals surface area contributed by atoms with Crippen molar-refractivity contribution in [1.29, 1.82) is 0 Å². The second kappa shape index (κ2) is 7.99. The lowest BCUT2D eigenvalue weighted by Crippen LogP contribution is -2.44. The van der Waals surface area contributed by atoms with Crippen LogP contribution in [0.4, 0.5) is 0 Å². The average Bonchev–Trinajstić information content (AvgIpc) is 2.48. The smallest absolute Gasteiger partial charge is 0.167 e. The van der Waals surface area contributed by atoms with Crippen molar-refractivity contribution in [2.45, 2.75) is 13.3 Å². The van der Waals surface area contributed by atoms with Gasteiger partial charge < -0.3 is 15.0 Å². The minimum Gasteiger partial charge on any atom is -0.492 e. The van der Waals surface area contributed by atoms with Gasteiger partial charge in [0.1, 0.15) is 5.75 Å². The van der Waals surface area contributed by atoms with E-state index in [-0.39, 0.29) is 5.78 Å². The Morgan fingerprint density at radius 2 is 2.05 bits per heavy atom. The van der Waals surface area contributed by atoms with Crippen LogP contribution in [0, 0.1) is 0 Å². The number of piperazine rings is 1. The number of nitrogens with zero attached hydrogens (tertiary/aromatic N) is 1. The van der Waals surface area contributed by atoms with Crippen LogP contribution in [-0.4, -0.2) is 50.0 Å². The lowest BCUT2D eigenvalue weighted by Gasteiger charge is -2.26. The van der Waals surface area contributed by atoms with Gasteiger partial charge in [0.15, 0.2) is 5.78 Å². The zero-order valence-electron chi connectivity index (χ0n) is 12.1. The highest BCUT2D eigenvalue weighted by Gasteiger charge is 2.18. The van der Waals surface area contributed by atoms with E-state index in [4.69, 9.17) is 27.9 Å². The molecule has 116 valence electrons. The Morgan fingerprint density at radius 3 is 2.71 bits per heavy atom. The van der Waals surface area contributed by atoms with E-state index in [9.17, 15) is 4.79 Å². The van der Waals surface area contributed by atoms with Gasteiger partial charge in [-0.3, -0.25) is 4.79 Å². The van der Waals surface area contributed by atoms with Gasteiger partial charge >= 0.3 is 0 Å². The first-order valence-electron chi connectivity index (χ1n) is 7.20. The molecule has 1 saturated heterocycles. The average molecular weight is 331 g/mol. The summed E-state index contributed by atoms with van der Waals surface area (Å²) >= 11 is 12.1. The minimum absolute atomic E-state index is 0.0152. The normalized spacial score (nSPS) is 16.0. The van der Waals surface area contributed by atoms with Gasteiger partial charge in [0.2, 0.25) is 0 Å². The predicted octanol–water partition coefficient (Wildman–Crippen LogP) is 2.87. The van der Waals surface area contributed by atoms with Crippen molar-refractivity contribution in [1.82, 2.24) is 10.2 Å². The maximum Gasteiger partial charge on any atom is 0.167 e. The van der Waals surface area contributed by atoms with E-state index in [1.807, 2.05) is 6.92 Å². The Morgan fingerprint density at radius 1 is 1.33 bits per heavy atom. The molecule has 0 atom stereocenters. The summed E-state index contributed by atoms with van der Waals surface area (Å²) in [6, 6.07) is 3.24. The number of benzene rings is 1. The summed E-state index contributed by atoms with van der Waals surface area (Å²) in [7, 11) is 0. The summed E-state index contributed by atoms with van der Waals surface area (Å²) in [5.41, 5.74) is 0.476. The number of hydrogen-bond donors (Lipinski definition) is 1. The molecule has 0 bridgehead atoms. The van der Waals surface area contributed by atoms with Crippen molar-refractivity contribution >= 4 is 29.0 Å². The van der Waals surface area contributed by atoms with E-state index < -0.39 is 0 Å². The van der Waals surface area contributed by atoms with Crippen LogP contribution in [0.15, 0.2) is 12.1 Å². The van der Waals surface area contributed by atoms with Crippen LogP contribution in [0.3, 0.4) is 0 Å². The Labute approximate surface area is 135 Å². The van der Waals surface area contributed by atoms with Gasteiger partial charge in [-0.2, -0.15) is 0 Å². The molecule has 0 saturated carbocycles. The van der Waals surface area contributed by atoms with Gasteiger partial charge in [-0.15, -0.1) is 0 Å². The second-order valence-electron chi connectivity index (χ2n) is 4.96. The summed E-state index contributed by atoms with van der Waals surface area (Å²) in [5.74, 6) is 0.454. The highest BCUT2D eigenvalue weighted by molar-refractivity contribution is 6.36. The number of carbonyl (C=O) groups is 1. The standard InChI is InChI=1S/C15H20Cl2N2O2/c1-2-21-15-12(9-11(16)10-13(15)17)14(20)3-6-19-7-4-18-5-8-19/h9-10,18H,2-8H2,1H3. The first kappa shape index (κ1) is 16.6. The fourth-order valence-electron chi connectivity index (χ4n) is 2.39. The van der Waals surface area contributed by atoms with E-state index in [2.05, 4.69) is 10.2 Å². The molecule has 1 fully saturated rings. The molecule has 1 N–H and O–H groups in total. The van der Waals surface area contributed by atoms with Gasteiger partial charge in [0.25, 0.3) is 0 Å². The summed E-state index contributed by atoms with van der Waals surface area (Å²) < 4.78 is 5.50. The van der Waals surface area contributed by atoms with E-state index in [1.54, 1.807) is 12.1 Å². The predicted molar refractivity (Wildman–Crippen MR) is 85.9 cm³/mol. The van der Waals surface area contributed by atoms with Gasteiger partial charge in [0.05, 0.1) is 17.2 Å². The maximum absolute atomic E-state index is 12.4. The SMILES string of the molecule is CCOc1c(Cl)cc(Cl)cc1C(=O)CCN1CCNCC1. The van der Waals surface area contributed by atoms with Gasteiger partial charge in [-0.1, -0.05) is 23.2 Å². The number of ether oxygens (including phenoxy) is 1. The van der Waals surface area contributed by atoms with Crippen LogP contribution >= 0.6 is 23.2 Å². The van der Waals surface area contributed by atoms with Gasteiger partial charge in [-0.05, 0) is 19.1 Å². The lowest BCUT2D eigenvalue weighted by molar-refractivity contribution is 0.0957. The van der Waals surface area contributed by atoms with Gasteiger partial charge in [0, 0.05) is 44.2 Å². The summed E-state index contributed by atoms with van der Waals surface area (Å²) in [4.78, 5) is 14.7. The topological polar surface area (TPSA) is 41.6 Å². The number of Topliss-reactive ketones (excluding diaryl/α,β-unsaturated/α-hetero) is 1. The molecule has 0 radical (unpaired) electrons. The number of hydrogen-bond acceptors (Lipinski definition) is 4. The number of ketones is 1. The first-order chi connectivity index (χ1) is 10.1. The molecule has 1 aromatic carbocycles. The molecule has 6 heteroatoms. The van der Waals surface area contributed by atoms with Crippen LogP contribution in [0.1, 0.15) is 23.7 Å². The molecule has 4 nitrogen and oxygen atoms in total. The molecule has 1 aromatic rings. The van der Waals surface area contributed by atoms with E-state index in [0.29, 0.717) is 34.4 Å². The largest absolute Gasteiger partial charge is 0.492 e. The fourth-order valence-corrected chi connectivity index (χ4v) is 2.94. The highest BCUT2D eigenvalue weighted by Crippen LogP contribution is 2.33. The molecular weight excluding hydrogens is 311 g/mol. The Kier molecular flexibility index (Phi) is 6.30. The second-order valence-corrected chi connectivity index (χ2v) is 5.81. The van der Waals surface area contributed by atoms with Crippen LogP contribution < -0.4 is 10.1 Å². The fraction of sp³-hybridized carbons (Fsp3) is 0.533. The number of rotatable bonds is 6. The number of carbonyl (C=O) groups excluding carboxylic acids is 1. The third-order valence-electron chi connectivity index (χ3n) is 3.46. The van der Waals surface area contributed by atoms with Crippen molar-refractivity contribution < 1.29 is 9.53 Å². The Bertz CT molecular complexity index is 503. The van der Waals surface area contributed by atoms with Crippen molar-refractivity contribution in [2.75, 3.05) is 39.3 Å². The lowest BCUT2D eigenvalue weighted by atomic mass is 10.1. The molecule has 0 amide bonds. The third-order valence-corrected chi connectivity index (χ3v) is 3.96. The molecule has 0 aliphatic carbocycles. The van der Waals surface area contributed by atoms with E-state index >= 15 is 0 Å². The summed E-state index contributed by atoms with van der Waals surface area (Å²) in [5, 5.41) is 4.13. The van der Waals surface area contributed by atoms with Gasteiger partial charge in [-0.25, -0.2) is 0 Å². The van der Waals surface area contributed by atoms with Crippen molar-refractivity contribution in [3.63, 3.8) is 0 Å². The summed E-state index contributed by atoms with van der Waals surface area (Å²) in [6.45, 7) is 6.96. The third kappa shape index (κ3) is 4.58. The Hall–Kier alpha value is -0.810. The molecule has 0 unspecified atom stereocenters. The molecule has 1 aliphatic heterocycles. The molecule has 0 aromatic heterocycles. The molecule has 21 heavy (non-hydrogen) atoms. The monoisotopic (exact) mass is 330 g/mol. The van der Waals surface area contributed by atoms with Crippen LogP contribution in [-0.2, 0) is 0 Å². The number of nitrogens with one attached hydrogen (secondary N) is 1. The quantitative estimate of drug-likeness (QED) is 0.814. The van der Waals surface area contributed by atoms with Crippen LogP contribution in [0.25, 0.3) is 0 Å². The zero-order chi connectivity index (χ0) is 15.2. The summed E-state index contributed by atoms with van der Waals surface area (Å²) in [6.07, 6.45) is 0.441. The van der Waals surface area contributed by atoms with E-state index in [0.717, 1.165) is 32.7 Å². The van der Waals surface area contributed by atoms with E-state index in [1.165, 1.54) is 0 Å². The number of halogens is 2. The Balaban J connectivity index is 2.06. The van der Waals surface area contributed by atoms with Crippen LogP contribution in [0.2, 0.25) is 10.0 Å². The van der Waals surface area contributed by atoms with Crippen molar-refractivity contribution in [3.8, 4) is 5.75 Å². The van der Waals surface area contributed by atoms with Crippen molar-refractivity contribution in [2.24, 2.45) is 0 Å². The highest BCUT2D eigenvalue weighted by atomic mass is 35.5. The zero-order valence-corrected chi connectivity index (χ0v) is 13.6. The molecule has 2 rings (SSSR count). The molecule has 1 aliphatic rings. The van der Waals surface area contributed by atoms with Crippen molar-refractivity contribution in [3.05, 3.63) is 27.7 Å². The maximum atomic E-state index is 12.4. The molecule has 0 spiro atoms. The minimum atomic E-state index is 0.0152. The first-order valence-corrected chi connectivity index (χ1v) is 7.95.